The molecule has 0 spiro atoms. The Morgan fingerprint density at radius 1 is 1.47 bits per heavy atom. The van der Waals surface area contributed by atoms with Crippen molar-refractivity contribution >= 4 is 10.2 Å². The third-order valence-electron chi connectivity index (χ3n) is 2.83. The zero-order valence-corrected chi connectivity index (χ0v) is 12.2. The van der Waals surface area contributed by atoms with Crippen LogP contribution in [-0.2, 0) is 23.2 Å². The normalized spacial score (nSPS) is 12.0. The molecule has 2 N–H and O–H groups in total. The summed E-state index contributed by atoms with van der Waals surface area (Å²) < 4.78 is 27.5. The lowest BCUT2D eigenvalue weighted by atomic mass is 10.1. The highest BCUT2D eigenvalue weighted by molar-refractivity contribution is 7.87. The van der Waals surface area contributed by atoms with Gasteiger partial charge in [0, 0.05) is 26.4 Å². The van der Waals surface area contributed by atoms with Crippen molar-refractivity contribution in [3.05, 3.63) is 29.6 Å². The number of hydrogen-bond acceptors (Lipinski definition) is 4. The van der Waals surface area contributed by atoms with Crippen molar-refractivity contribution < 1.29 is 13.5 Å². The predicted octanol–water partition coefficient (Wildman–Crippen LogP) is 0.293. The molecule has 7 heteroatoms. The third-order valence-corrected chi connectivity index (χ3v) is 4.34. The van der Waals surface area contributed by atoms with Crippen LogP contribution in [-0.4, -0.2) is 43.0 Å². The van der Waals surface area contributed by atoms with Crippen molar-refractivity contribution in [1.29, 1.82) is 0 Å². The van der Waals surface area contributed by atoms with E-state index in [-0.39, 0.29) is 19.7 Å². The number of rotatable bonds is 8. The Bertz CT molecular complexity index is 491. The highest BCUT2D eigenvalue weighted by atomic mass is 32.2. The van der Waals surface area contributed by atoms with Gasteiger partial charge in [-0.1, -0.05) is 13.0 Å². The Labute approximate surface area is 114 Å². The van der Waals surface area contributed by atoms with Crippen LogP contribution in [0.4, 0.5) is 0 Å². The van der Waals surface area contributed by atoms with Gasteiger partial charge in [-0.25, -0.2) is 0 Å². The number of aryl methyl sites for hydroxylation is 1. The van der Waals surface area contributed by atoms with Gasteiger partial charge in [0.25, 0.3) is 10.2 Å². The monoisotopic (exact) mass is 287 g/mol. The molecule has 0 saturated heterocycles. The summed E-state index contributed by atoms with van der Waals surface area (Å²) in [6, 6.07) is 3.77. The van der Waals surface area contributed by atoms with Gasteiger partial charge >= 0.3 is 0 Å². The summed E-state index contributed by atoms with van der Waals surface area (Å²) in [6.07, 6.45) is 2.88. The molecule has 0 aliphatic rings. The predicted molar refractivity (Wildman–Crippen MR) is 73.7 cm³/mol. The fourth-order valence-corrected chi connectivity index (χ4v) is 2.54. The minimum Gasteiger partial charge on any atom is -0.396 e. The van der Waals surface area contributed by atoms with Crippen molar-refractivity contribution in [2.24, 2.45) is 0 Å². The zero-order valence-electron chi connectivity index (χ0n) is 11.3. The number of aliphatic hydroxyl groups excluding tert-OH is 1. The first-order valence-electron chi connectivity index (χ1n) is 6.25. The second-order valence-corrected chi connectivity index (χ2v) is 6.05. The van der Waals surface area contributed by atoms with Crippen LogP contribution >= 0.6 is 0 Å². The van der Waals surface area contributed by atoms with Crippen molar-refractivity contribution in [3.63, 3.8) is 0 Å². The van der Waals surface area contributed by atoms with Crippen molar-refractivity contribution in [1.82, 2.24) is 14.0 Å². The number of pyridine rings is 1. The van der Waals surface area contributed by atoms with Gasteiger partial charge in [0.15, 0.2) is 0 Å². The summed E-state index contributed by atoms with van der Waals surface area (Å²) in [5.74, 6) is 0. The Balaban J connectivity index is 2.64. The number of nitrogens with zero attached hydrogens (tertiary/aromatic N) is 2. The van der Waals surface area contributed by atoms with Gasteiger partial charge in [-0.3, -0.25) is 4.98 Å². The van der Waals surface area contributed by atoms with E-state index in [1.165, 1.54) is 11.4 Å². The first-order chi connectivity index (χ1) is 9.01. The molecule has 0 unspecified atom stereocenters. The Morgan fingerprint density at radius 3 is 2.84 bits per heavy atom. The molecule has 0 aliphatic carbocycles. The van der Waals surface area contributed by atoms with Gasteiger partial charge in [0.1, 0.15) is 0 Å². The zero-order chi connectivity index (χ0) is 14.3. The average molecular weight is 287 g/mol. The van der Waals surface area contributed by atoms with E-state index in [1.54, 1.807) is 6.20 Å². The molecular weight excluding hydrogens is 266 g/mol. The van der Waals surface area contributed by atoms with Crippen LogP contribution in [0.1, 0.15) is 24.6 Å². The van der Waals surface area contributed by atoms with Gasteiger partial charge in [-0.05, 0) is 24.5 Å². The maximum atomic E-state index is 11.9. The van der Waals surface area contributed by atoms with Gasteiger partial charge < -0.3 is 5.11 Å². The molecule has 108 valence electrons. The molecule has 0 bridgehead atoms. The lowest BCUT2D eigenvalue weighted by Crippen LogP contribution is -2.38. The van der Waals surface area contributed by atoms with E-state index < -0.39 is 10.2 Å². The summed E-state index contributed by atoms with van der Waals surface area (Å²) in [4.78, 5) is 4.19. The average Bonchev–Trinajstić information content (AvgIpc) is 2.42. The van der Waals surface area contributed by atoms with Gasteiger partial charge in [0.2, 0.25) is 0 Å². The van der Waals surface area contributed by atoms with E-state index in [9.17, 15) is 8.42 Å². The maximum absolute atomic E-state index is 11.9. The second kappa shape index (κ2) is 7.54. The van der Waals surface area contributed by atoms with Crippen LogP contribution in [0.25, 0.3) is 0 Å². The second-order valence-electron chi connectivity index (χ2n) is 4.19. The fraction of sp³-hybridized carbons (Fsp3) is 0.583. The summed E-state index contributed by atoms with van der Waals surface area (Å²) in [5, 5.41) is 8.71. The largest absolute Gasteiger partial charge is 0.396 e. The summed E-state index contributed by atoms with van der Waals surface area (Å²) in [7, 11) is -2.04. The Kier molecular flexibility index (Phi) is 6.36. The summed E-state index contributed by atoms with van der Waals surface area (Å²) >= 11 is 0. The van der Waals surface area contributed by atoms with E-state index in [0.29, 0.717) is 6.42 Å². The van der Waals surface area contributed by atoms with Crippen LogP contribution in [0.2, 0.25) is 0 Å². The van der Waals surface area contributed by atoms with Crippen LogP contribution < -0.4 is 4.72 Å². The number of aromatic nitrogens is 1. The topological polar surface area (TPSA) is 82.5 Å². The molecule has 1 rings (SSSR count). The van der Waals surface area contributed by atoms with E-state index in [0.717, 1.165) is 17.7 Å². The first-order valence-corrected chi connectivity index (χ1v) is 7.69. The highest BCUT2D eigenvalue weighted by Gasteiger charge is 2.17. The molecule has 0 saturated carbocycles. The lowest BCUT2D eigenvalue weighted by Gasteiger charge is -2.17. The third kappa shape index (κ3) is 4.87. The molecule has 1 heterocycles. The van der Waals surface area contributed by atoms with Crippen molar-refractivity contribution in [3.8, 4) is 0 Å². The molecule has 0 radical (unpaired) electrons. The molecule has 19 heavy (non-hydrogen) atoms. The van der Waals surface area contributed by atoms with E-state index in [4.69, 9.17) is 5.11 Å². The van der Waals surface area contributed by atoms with Crippen LogP contribution in [0.3, 0.4) is 0 Å². The standard InChI is InChI=1S/C12H21N3O3S/c1-3-11-6-4-7-13-12(11)10-14-19(17,18)15(2)8-5-9-16/h4,6-7,14,16H,3,5,8-10H2,1-2H3. The lowest BCUT2D eigenvalue weighted by molar-refractivity contribution is 0.275. The molecule has 1 aromatic heterocycles. The quantitative estimate of drug-likeness (QED) is 0.720. The van der Waals surface area contributed by atoms with Gasteiger partial charge in [0.05, 0.1) is 12.2 Å². The molecule has 0 aromatic carbocycles. The Morgan fingerprint density at radius 2 is 2.21 bits per heavy atom. The summed E-state index contributed by atoms with van der Waals surface area (Å²) in [5.41, 5.74) is 1.77. The number of nitrogens with one attached hydrogen (secondary N) is 1. The van der Waals surface area contributed by atoms with Gasteiger partial charge in [-0.2, -0.15) is 17.4 Å². The minimum absolute atomic E-state index is 0.0277. The SMILES string of the molecule is CCc1cccnc1CNS(=O)(=O)N(C)CCCO. The Hall–Kier alpha value is -1.02. The highest BCUT2D eigenvalue weighted by Crippen LogP contribution is 2.07. The molecular formula is C12H21N3O3S. The van der Waals surface area contributed by atoms with Crippen LogP contribution in [0, 0.1) is 0 Å². The van der Waals surface area contributed by atoms with E-state index >= 15 is 0 Å². The summed E-state index contributed by atoms with van der Waals surface area (Å²) in [6.45, 7) is 2.44. The molecule has 0 amide bonds. The molecule has 0 fully saturated rings. The van der Waals surface area contributed by atoms with E-state index in [2.05, 4.69) is 9.71 Å². The molecule has 0 atom stereocenters. The first kappa shape index (κ1) is 16.0. The van der Waals surface area contributed by atoms with E-state index in [1.807, 2.05) is 19.1 Å². The number of hydrogen-bond donors (Lipinski definition) is 2. The van der Waals surface area contributed by atoms with Crippen molar-refractivity contribution in [2.45, 2.75) is 26.3 Å². The van der Waals surface area contributed by atoms with Gasteiger partial charge in [-0.15, -0.1) is 0 Å². The van der Waals surface area contributed by atoms with Crippen LogP contribution in [0.5, 0.6) is 0 Å². The smallest absolute Gasteiger partial charge is 0.279 e. The molecule has 6 nitrogen and oxygen atoms in total. The minimum atomic E-state index is -3.52. The number of aliphatic hydroxyl groups is 1. The molecule has 0 aliphatic heterocycles. The fourth-order valence-electron chi connectivity index (χ4n) is 1.64. The van der Waals surface area contributed by atoms with Crippen molar-refractivity contribution in [2.75, 3.05) is 20.2 Å². The maximum Gasteiger partial charge on any atom is 0.279 e. The van der Waals surface area contributed by atoms with Crippen LogP contribution in [0.15, 0.2) is 18.3 Å². The molecule has 1 aromatic rings.